The molecule has 0 spiro atoms. The van der Waals surface area contributed by atoms with E-state index in [1.54, 1.807) is 6.92 Å². The molecule has 0 aliphatic heterocycles. The summed E-state index contributed by atoms with van der Waals surface area (Å²) in [5, 5.41) is 11.7. The van der Waals surface area contributed by atoms with E-state index >= 15 is 0 Å². The Morgan fingerprint density at radius 3 is 2.30 bits per heavy atom. The van der Waals surface area contributed by atoms with Gasteiger partial charge in [0.15, 0.2) is 11.5 Å². The average Bonchev–Trinajstić information content (AvgIpc) is 2.45. The number of rotatable bonds is 6. The molecule has 0 aliphatic carbocycles. The van der Waals surface area contributed by atoms with E-state index in [4.69, 9.17) is 15.2 Å². The van der Waals surface area contributed by atoms with E-state index in [2.05, 4.69) is 5.32 Å². The summed E-state index contributed by atoms with van der Waals surface area (Å²) in [6, 6.07) is 2.70. The molecule has 1 amide bonds. The molecule has 7 nitrogen and oxygen atoms in total. The molecular weight excluding hydrogens is 264 g/mol. The molecule has 0 aliphatic rings. The molecule has 0 radical (unpaired) electrons. The Labute approximate surface area is 116 Å². The van der Waals surface area contributed by atoms with Gasteiger partial charge in [-0.3, -0.25) is 4.79 Å². The van der Waals surface area contributed by atoms with Crippen molar-refractivity contribution >= 4 is 17.6 Å². The maximum absolute atomic E-state index is 11.8. The lowest BCUT2D eigenvalue weighted by Gasteiger charge is -2.15. The summed E-state index contributed by atoms with van der Waals surface area (Å²) < 4.78 is 10.1. The van der Waals surface area contributed by atoms with Crippen molar-refractivity contribution in [3.05, 3.63) is 17.7 Å². The Bertz CT molecular complexity index is 516. The van der Waals surface area contributed by atoms with E-state index < -0.39 is 11.9 Å². The first-order valence-electron chi connectivity index (χ1n) is 5.94. The van der Waals surface area contributed by atoms with E-state index in [9.17, 15) is 14.7 Å². The summed E-state index contributed by atoms with van der Waals surface area (Å²) in [5.74, 6) is -1.36. The molecule has 0 aromatic heterocycles. The van der Waals surface area contributed by atoms with Gasteiger partial charge in [-0.2, -0.15) is 0 Å². The van der Waals surface area contributed by atoms with Gasteiger partial charge in [-0.25, -0.2) is 4.79 Å². The van der Waals surface area contributed by atoms with Crippen LogP contribution in [0.25, 0.3) is 0 Å². The molecule has 1 aromatic rings. The summed E-state index contributed by atoms with van der Waals surface area (Å²) in [6.45, 7) is 1.82. The topological polar surface area (TPSA) is 111 Å². The molecule has 1 unspecified atom stereocenters. The molecule has 1 atom stereocenters. The van der Waals surface area contributed by atoms with Crippen LogP contribution in [-0.2, 0) is 4.79 Å². The second-order valence-corrected chi connectivity index (χ2v) is 4.18. The van der Waals surface area contributed by atoms with Crippen molar-refractivity contribution in [1.82, 2.24) is 0 Å². The van der Waals surface area contributed by atoms with Crippen LogP contribution in [0, 0.1) is 5.92 Å². The highest BCUT2D eigenvalue weighted by Crippen LogP contribution is 2.33. The molecule has 0 fully saturated rings. The number of carbonyl (C=O) groups is 2. The zero-order valence-corrected chi connectivity index (χ0v) is 11.6. The van der Waals surface area contributed by atoms with Crippen LogP contribution in [0.4, 0.5) is 5.69 Å². The number of benzene rings is 1. The first-order chi connectivity index (χ1) is 9.44. The largest absolute Gasteiger partial charge is 0.493 e. The molecule has 1 rings (SSSR count). The average molecular weight is 282 g/mol. The number of amides is 1. The predicted molar refractivity (Wildman–Crippen MR) is 73.4 cm³/mol. The van der Waals surface area contributed by atoms with E-state index in [1.807, 2.05) is 0 Å². The number of anilines is 1. The van der Waals surface area contributed by atoms with Crippen LogP contribution in [-0.4, -0.2) is 37.7 Å². The molecule has 4 N–H and O–H groups in total. The van der Waals surface area contributed by atoms with Crippen LogP contribution in [0.15, 0.2) is 12.1 Å². The van der Waals surface area contributed by atoms with Gasteiger partial charge < -0.3 is 25.6 Å². The number of hydrogen-bond donors (Lipinski definition) is 3. The maximum atomic E-state index is 11.8. The van der Waals surface area contributed by atoms with Gasteiger partial charge in [0.05, 0.1) is 25.5 Å². The summed E-state index contributed by atoms with van der Waals surface area (Å²) in [7, 11) is 2.82. The normalized spacial score (nSPS) is 11.6. The molecular formula is C13H18N2O5. The SMILES string of the molecule is COc1cc(NC(=O)C(C)CN)c(C(=O)O)cc1OC. The fraction of sp³-hybridized carbons (Fsp3) is 0.385. The highest BCUT2D eigenvalue weighted by Gasteiger charge is 2.19. The number of carboxylic acids is 1. The lowest BCUT2D eigenvalue weighted by molar-refractivity contribution is -0.119. The molecule has 0 bridgehead atoms. The second-order valence-electron chi connectivity index (χ2n) is 4.18. The first kappa shape index (κ1) is 15.8. The third-order valence-electron chi connectivity index (χ3n) is 2.81. The number of ether oxygens (including phenoxy) is 2. The third-order valence-corrected chi connectivity index (χ3v) is 2.81. The zero-order chi connectivity index (χ0) is 15.3. The Morgan fingerprint density at radius 1 is 1.30 bits per heavy atom. The summed E-state index contributed by atoms with van der Waals surface area (Å²) >= 11 is 0. The highest BCUT2D eigenvalue weighted by atomic mass is 16.5. The highest BCUT2D eigenvalue weighted by molar-refractivity contribution is 6.02. The van der Waals surface area contributed by atoms with Crippen molar-refractivity contribution in [2.45, 2.75) is 6.92 Å². The lowest BCUT2D eigenvalue weighted by atomic mass is 10.1. The summed E-state index contributed by atoms with van der Waals surface area (Å²) in [6.07, 6.45) is 0. The number of nitrogens with one attached hydrogen (secondary N) is 1. The van der Waals surface area contributed by atoms with Crippen LogP contribution in [0.2, 0.25) is 0 Å². The van der Waals surface area contributed by atoms with Gasteiger partial charge in [-0.1, -0.05) is 6.92 Å². The Hall–Kier alpha value is -2.28. The van der Waals surface area contributed by atoms with Gasteiger partial charge in [0.1, 0.15) is 0 Å². The number of hydrogen-bond acceptors (Lipinski definition) is 5. The lowest BCUT2D eigenvalue weighted by Crippen LogP contribution is -2.27. The summed E-state index contributed by atoms with van der Waals surface area (Å²) in [5.41, 5.74) is 5.46. The van der Waals surface area contributed by atoms with Crippen molar-refractivity contribution in [3.63, 3.8) is 0 Å². The Balaban J connectivity index is 3.22. The molecule has 0 saturated heterocycles. The van der Waals surface area contributed by atoms with Crippen LogP contribution >= 0.6 is 0 Å². The van der Waals surface area contributed by atoms with Gasteiger partial charge >= 0.3 is 5.97 Å². The van der Waals surface area contributed by atoms with Crippen LogP contribution in [0.5, 0.6) is 11.5 Å². The van der Waals surface area contributed by atoms with Crippen LogP contribution in [0.1, 0.15) is 17.3 Å². The third kappa shape index (κ3) is 3.39. The molecule has 0 saturated carbocycles. The molecule has 110 valence electrons. The number of carboxylic acid groups (broad SMARTS) is 1. The minimum absolute atomic E-state index is 0.0831. The van der Waals surface area contributed by atoms with Crippen molar-refractivity contribution in [3.8, 4) is 11.5 Å². The van der Waals surface area contributed by atoms with Crippen molar-refractivity contribution in [1.29, 1.82) is 0 Å². The van der Waals surface area contributed by atoms with Crippen molar-refractivity contribution in [2.24, 2.45) is 11.7 Å². The minimum Gasteiger partial charge on any atom is -0.493 e. The number of carbonyl (C=O) groups excluding carboxylic acids is 1. The molecule has 20 heavy (non-hydrogen) atoms. The predicted octanol–water partition coefficient (Wildman–Crippen LogP) is 0.935. The van der Waals surface area contributed by atoms with Crippen LogP contribution in [0.3, 0.4) is 0 Å². The summed E-state index contributed by atoms with van der Waals surface area (Å²) in [4.78, 5) is 23.1. The number of methoxy groups -OCH3 is 2. The van der Waals surface area contributed by atoms with E-state index in [0.717, 1.165) is 0 Å². The van der Waals surface area contributed by atoms with E-state index in [1.165, 1.54) is 26.4 Å². The number of aromatic carboxylic acids is 1. The first-order valence-corrected chi connectivity index (χ1v) is 5.94. The fourth-order valence-electron chi connectivity index (χ4n) is 1.52. The van der Waals surface area contributed by atoms with Gasteiger partial charge in [0.25, 0.3) is 0 Å². The Morgan fingerprint density at radius 2 is 1.85 bits per heavy atom. The minimum atomic E-state index is -1.18. The number of nitrogens with two attached hydrogens (primary N) is 1. The van der Waals surface area contributed by atoms with Gasteiger partial charge in [-0.05, 0) is 0 Å². The smallest absolute Gasteiger partial charge is 0.337 e. The monoisotopic (exact) mass is 282 g/mol. The van der Waals surface area contributed by atoms with Crippen molar-refractivity contribution < 1.29 is 24.2 Å². The van der Waals surface area contributed by atoms with E-state index in [0.29, 0.717) is 5.75 Å². The fourth-order valence-corrected chi connectivity index (χ4v) is 1.52. The van der Waals surface area contributed by atoms with Crippen LogP contribution < -0.4 is 20.5 Å². The Kier molecular flexibility index (Phi) is 5.33. The van der Waals surface area contributed by atoms with Gasteiger partial charge in [0.2, 0.25) is 5.91 Å². The van der Waals surface area contributed by atoms with E-state index in [-0.39, 0.29) is 29.5 Å². The maximum Gasteiger partial charge on any atom is 0.337 e. The quantitative estimate of drug-likeness (QED) is 0.716. The van der Waals surface area contributed by atoms with Gasteiger partial charge in [-0.15, -0.1) is 0 Å². The molecule has 0 heterocycles. The van der Waals surface area contributed by atoms with Gasteiger partial charge in [0, 0.05) is 24.6 Å². The van der Waals surface area contributed by atoms with Crippen molar-refractivity contribution in [2.75, 3.05) is 26.1 Å². The standard InChI is InChI=1S/C13H18N2O5/c1-7(6-14)12(16)15-9-5-11(20-3)10(19-2)4-8(9)13(17)18/h4-5,7H,6,14H2,1-3H3,(H,15,16)(H,17,18). The second kappa shape index (κ2) is 6.76. The zero-order valence-electron chi connectivity index (χ0n) is 11.6. The molecule has 1 aromatic carbocycles. The molecule has 7 heteroatoms.